The SMILES string of the molecule is [B-][P+]1(OCC2OC(n3cnc4c(N)nc(SC)nc43)C3OC(OC)OC23)OP(=O)(O)OP(=O)(O)O1. The molecule has 17 nitrogen and oxygen atoms in total. The van der Waals surface area contributed by atoms with Gasteiger partial charge in [-0.1, -0.05) is 11.8 Å². The Kier molecular flexibility index (Phi) is 6.82. The predicted molar refractivity (Wildman–Crippen MR) is 118 cm³/mol. The molecule has 22 heteroatoms. The van der Waals surface area contributed by atoms with Gasteiger partial charge in [0.1, 0.15) is 30.4 Å². The molecule has 3 saturated heterocycles. The third kappa shape index (κ3) is 5.04. The molecule has 191 valence electrons. The topological polar surface area (TPSA) is 218 Å². The fourth-order valence-corrected chi connectivity index (χ4v) is 9.26. The average Bonchev–Trinajstić information content (AvgIpc) is 3.43. The minimum atomic E-state index is -5.02. The highest BCUT2D eigenvalue weighted by atomic mass is 32.2. The summed E-state index contributed by atoms with van der Waals surface area (Å²) >= 11 is 1.28. The minimum absolute atomic E-state index is 0.177. The van der Waals surface area contributed by atoms with E-state index in [0.717, 1.165) is 0 Å². The summed E-state index contributed by atoms with van der Waals surface area (Å²) < 4.78 is 66.4. The summed E-state index contributed by atoms with van der Waals surface area (Å²) in [5.74, 6) is 0.177. The standard InChI is InChI=1S/C13H17BN5O12P3S/c1-24-13-27-7-5(3-25-32(14)29-33(20,21)31-34(22,23)30-32)26-11(8(7)28-13)19-4-16-6-9(15)17-12(35-2)18-10(6)19/h4-5,7-8,11,13H,3H2,1-2H3,(H3-,15,17,18,20,21,22,23)/q-1/p+1. The lowest BCUT2D eigenvalue weighted by molar-refractivity contribution is -0.256. The van der Waals surface area contributed by atoms with Gasteiger partial charge < -0.3 is 34.5 Å². The molecular weight excluding hydrogens is 554 g/mol. The van der Waals surface area contributed by atoms with Gasteiger partial charge in [0.25, 0.3) is 6.48 Å². The first-order valence-corrected chi connectivity index (χ1v) is 15.4. The van der Waals surface area contributed by atoms with E-state index in [0.29, 0.717) is 16.3 Å². The Morgan fingerprint density at radius 3 is 2.57 bits per heavy atom. The molecule has 0 saturated carbocycles. The number of imidazole rings is 1. The van der Waals surface area contributed by atoms with E-state index in [1.54, 1.807) is 10.8 Å². The smallest absolute Gasteiger partial charge is 0.382 e. The van der Waals surface area contributed by atoms with Crippen molar-refractivity contribution >= 4 is 59.8 Å². The van der Waals surface area contributed by atoms with E-state index >= 15 is 0 Å². The van der Waals surface area contributed by atoms with E-state index in [-0.39, 0.29) is 5.82 Å². The molecule has 3 aliphatic heterocycles. The van der Waals surface area contributed by atoms with Crippen LogP contribution in [-0.2, 0) is 45.5 Å². The van der Waals surface area contributed by atoms with Gasteiger partial charge in [0.05, 0.1) is 6.33 Å². The lowest BCUT2D eigenvalue weighted by Gasteiger charge is -2.36. The number of anilines is 1. The second-order valence-corrected chi connectivity index (χ2v) is 13.2. The fraction of sp³-hybridized carbons (Fsp3) is 0.615. The Bertz CT molecular complexity index is 1220. The Labute approximate surface area is 203 Å². The molecule has 3 aliphatic rings. The number of nitrogens with two attached hydrogens (primary N) is 1. The zero-order valence-corrected chi connectivity index (χ0v) is 21.3. The number of hydrogen-bond donors (Lipinski definition) is 3. The molecule has 0 aliphatic carbocycles. The molecule has 3 radical (unpaired) electrons. The van der Waals surface area contributed by atoms with Crippen LogP contribution in [0.3, 0.4) is 0 Å². The van der Waals surface area contributed by atoms with Crippen LogP contribution in [0, 0.1) is 0 Å². The molecular formula is C13H18BN5O12P3S. The Morgan fingerprint density at radius 1 is 1.23 bits per heavy atom. The average molecular weight is 572 g/mol. The largest absolute Gasteiger partial charge is 0.515 e. The summed E-state index contributed by atoms with van der Waals surface area (Å²) in [6.07, 6.45) is -0.114. The van der Waals surface area contributed by atoms with Crippen molar-refractivity contribution < 1.29 is 55.3 Å². The maximum Gasteiger partial charge on any atom is 0.515 e. The van der Waals surface area contributed by atoms with E-state index in [1.165, 1.54) is 25.2 Å². The second kappa shape index (κ2) is 9.22. The van der Waals surface area contributed by atoms with E-state index in [9.17, 15) is 18.9 Å². The molecule has 35 heavy (non-hydrogen) atoms. The number of thioether (sulfide) groups is 1. The molecule has 5 rings (SSSR count). The van der Waals surface area contributed by atoms with Crippen molar-refractivity contribution in [2.75, 3.05) is 25.7 Å². The molecule has 7 atom stereocenters. The van der Waals surface area contributed by atoms with Crippen molar-refractivity contribution in [2.24, 2.45) is 0 Å². The Morgan fingerprint density at radius 2 is 1.91 bits per heavy atom. The molecule has 0 amide bonds. The van der Waals surface area contributed by atoms with Crippen LogP contribution < -0.4 is 5.73 Å². The van der Waals surface area contributed by atoms with Gasteiger partial charge in [-0.2, -0.15) is 11.9 Å². The maximum atomic E-state index is 11.8. The van der Waals surface area contributed by atoms with Gasteiger partial charge in [-0.05, 0) is 6.26 Å². The van der Waals surface area contributed by atoms with Gasteiger partial charge >= 0.3 is 15.6 Å². The van der Waals surface area contributed by atoms with E-state index in [2.05, 4.69) is 27.9 Å². The highest BCUT2D eigenvalue weighted by Gasteiger charge is 2.57. The van der Waals surface area contributed by atoms with Gasteiger partial charge in [0.15, 0.2) is 30.7 Å². The predicted octanol–water partition coefficient (Wildman–Crippen LogP) is 0.869. The van der Waals surface area contributed by atoms with Gasteiger partial charge in [0.2, 0.25) is 0 Å². The van der Waals surface area contributed by atoms with Crippen molar-refractivity contribution in [1.29, 1.82) is 0 Å². The van der Waals surface area contributed by atoms with Crippen LogP contribution >= 0.6 is 35.2 Å². The molecule has 5 heterocycles. The third-order valence-electron chi connectivity index (χ3n) is 4.96. The zero-order chi connectivity index (χ0) is 25.2. The molecule has 0 bridgehead atoms. The number of phosphoric acid groups is 2. The number of nitrogen functional groups attached to an aromatic ring is 1. The van der Waals surface area contributed by atoms with E-state index in [1.807, 2.05) is 0 Å². The van der Waals surface area contributed by atoms with Crippen LogP contribution in [0.25, 0.3) is 11.2 Å². The Balaban J connectivity index is 1.41. The summed E-state index contributed by atoms with van der Waals surface area (Å²) in [6.45, 7) is -1.50. The van der Waals surface area contributed by atoms with Crippen LogP contribution in [0.4, 0.5) is 5.82 Å². The van der Waals surface area contributed by atoms with Crippen LogP contribution in [0.5, 0.6) is 0 Å². The van der Waals surface area contributed by atoms with Crippen LogP contribution in [0.15, 0.2) is 11.5 Å². The summed E-state index contributed by atoms with van der Waals surface area (Å²) in [7, 11) is -7.20. The summed E-state index contributed by atoms with van der Waals surface area (Å²) in [4.78, 5) is 31.9. The molecule has 7 unspecified atom stereocenters. The van der Waals surface area contributed by atoms with Gasteiger partial charge in [-0.3, -0.25) is 4.57 Å². The lowest BCUT2D eigenvalue weighted by Crippen LogP contribution is -2.32. The quantitative estimate of drug-likeness (QED) is 0.189. The number of hydrogen-bond acceptors (Lipinski definition) is 15. The first-order valence-electron chi connectivity index (χ1n) is 9.57. The fourth-order valence-electron chi connectivity index (χ4n) is 3.66. The van der Waals surface area contributed by atoms with E-state index < -0.39 is 61.1 Å². The van der Waals surface area contributed by atoms with Crippen LogP contribution in [0.2, 0.25) is 0 Å². The third-order valence-corrected chi connectivity index (χ3v) is 11.1. The van der Waals surface area contributed by atoms with Gasteiger partial charge in [-0.25, -0.2) is 28.6 Å². The normalized spacial score (nSPS) is 41.5. The first-order chi connectivity index (χ1) is 16.4. The van der Waals surface area contributed by atoms with Crippen molar-refractivity contribution in [3.05, 3.63) is 6.33 Å². The highest BCUT2D eigenvalue weighted by Crippen LogP contribution is 2.83. The zero-order valence-electron chi connectivity index (χ0n) is 17.8. The van der Waals surface area contributed by atoms with Crippen molar-refractivity contribution in [1.82, 2.24) is 19.5 Å². The highest BCUT2D eigenvalue weighted by molar-refractivity contribution is 7.98. The number of nitrogens with zero attached hydrogens (tertiary/aromatic N) is 4. The summed E-state index contributed by atoms with van der Waals surface area (Å²) in [5, 5.41) is 0.412. The van der Waals surface area contributed by atoms with Crippen molar-refractivity contribution in [2.45, 2.75) is 36.2 Å². The van der Waals surface area contributed by atoms with Gasteiger partial charge in [0, 0.05) is 7.11 Å². The second-order valence-electron chi connectivity index (χ2n) is 7.23. The number of aromatic nitrogens is 4. The molecule has 4 N–H and O–H groups in total. The van der Waals surface area contributed by atoms with Crippen LogP contribution in [-0.4, -0.2) is 81.6 Å². The van der Waals surface area contributed by atoms with Gasteiger partial charge in [-0.15, -0.1) is 8.62 Å². The van der Waals surface area contributed by atoms with E-state index in [4.69, 9.17) is 36.8 Å². The number of ether oxygens (including phenoxy) is 4. The molecule has 2 aromatic heterocycles. The van der Waals surface area contributed by atoms with Crippen LogP contribution in [0.1, 0.15) is 6.23 Å². The monoisotopic (exact) mass is 572 g/mol. The molecule has 0 spiro atoms. The summed E-state index contributed by atoms with van der Waals surface area (Å²) in [5.41, 5.74) is 6.72. The number of fused-ring (bicyclic) bond motifs is 2. The summed E-state index contributed by atoms with van der Waals surface area (Å²) in [6, 6.07) is 0. The number of methoxy groups -OCH3 is 1. The maximum absolute atomic E-state index is 11.8. The van der Waals surface area contributed by atoms with Crippen molar-refractivity contribution in [3.8, 4) is 0 Å². The number of rotatable bonds is 6. The Hall–Kier alpha value is -0.745. The molecule has 0 aromatic carbocycles. The molecule has 3 fully saturated rings. The molecule has 2 aromatic rings. The lowest BCUT2D eigenvalue weighted by atomic mass is 10.1. The minimum Gasteiger partial charge on any atom is -0.382 e. The van der Waals surface area contributed by atoms with Crippen molar-refractivity contribution in [3.63, 3.8) is 0 Å². The first kappa shape index (κ1) is 25.9.